The van der Waals surface area contributed by atoms with Gasteiger partial charge in [-0.3, -0.25) is 4.57 Å². The molecule has 126 valence electrons. The number of anilines is 1. The molecular weight excluding hydrogens is 327 g/mol. The van der Waals surface area contributed by atoms with E-state index in [2.05, 4.69) is 19.9 Å². The van der Waals surface area contributed by atoms with E-state index in [1.165, 1.54) is 6.33 Å². The summed E-state index contributed by atoms with van der Waals surface area (Å²) in [6.07, 6.45) is 0.275. The molecular formula is C10H17N8O4P. The number of nitrogen functional groups attached to an aromatic ring is 1. The highest BCUT2D eigenvalue weighted by molar-refractivity contribution is 7.51. The smallest absolute Gasteiger partial charge is 0.350 e. The topological polar surface area (TPSA) is 201 Å². The third kappa shape index (κ3) is 4.60. The van der Waals surface area contributed by atoms with Crippen LogP contribution in [0.25, 0.3) is 11.2 Å². The van der Waals surface area contributed by atoms with Crippen LogP contribution in [0.15, 0.2) is 11.3 Å². The van der Waals surface area contributed by atoms with Gasteiger partial charge in [0, 0.05) is 0 Å². The van der Waals surface area contributed by atoms with Crippen molar-refractivity contribution in [3.63, 3.8) is 0 Å². The molecule has 0 radical (unpaired) electrons. The van der Waals surface area contributed by atoms with Crippen LogP contribution in [-0.4, -0.2) is 47.7 Å². The molecule has 2 aromatic rings. The Labute approximate surface area is 130 Å². The molecule has 13 heteroatoms. The van der Waals surface area contributed by atoms with Crippen LogP contribution in [0.2, 0.25) is 0 Å². The summed E-state index contributed by atoms with van der Waals surface area (Å²) in [6, 6.07) is 0. The van der Waals surface area contributed by atoms with Crippen molar-refractivity contribution in [2.24, 2.45) is 16.5 Å². The molecule has 0 unspecified atom stereocenters. The van der Waals surface area contributed by atoms with Gasteiger partial charge >= 0.3 is 7.60 Å². The lowest BCUT2D eigenvalue weighted by atomic mass is 10.4. The van der Waals surface area contributed by atoms with Crippen molar-refractivity contribution >= 4 is 36.5 Å². The Kier molecular flexibility index (Phi) is 4.80. The number of aromatic nitrogens is 4. The van der Waals surface area contributed by atoms with Gasteiger partial charge in [-0.05, 0) is 6.92 Å². The number of nitrogens with zero attached hydrogens (tertiary/aromatic N) is 5. The first-order valence-corrected chi connectivity index (χ1v) is 8.19. The maximum absolute atomic E-state index is 10.8. The fourth-order valence-electron chi connectivity index (χ4n) is 1.87. The second kappa shape index (κ2) is 6.46. The lowest BCUT2D eigenvalue weighted by Crippen LogP contribution is -2.22. The van der Waals surface area contributed by atoms with Crippen molar-refractivity contribution in [3.8, 4) is 0 Å². The zero-order chi connectivity index (χ0) is 17.2. The average Bonchev–Trinajstić information content (AvgIpc) is 2.78. The van der Waals surface area contributed by atoms with E-state index in [9.17, 15) is 4.57 Å². The molecule has 0 fully saturated rings. The molecule has 0 aliphatic carbocycles. The van der Waals surface area contributed by atoms with E-state index in [1.54, 1.807) is 11.5 Å². The van der Waals surface area contributed by atoms with E-state index in [4.69, 9.17) is 31.7 Å². The summed E-state index contributed by atoms with van der Waals surface area (Å²) < 4.78 is 17.6. The highest BCUT2D eigenvalue weighted by Crippen LogP contribution is 2.34. The Morgan fingerprint density at radius 3 is 2.78 bits per heavy atom. The molecule has 1 atom stereocenters. The first-order valence-electron chi connectivity index (χ1n) is 6.40. The predicted octanol–water partition coefficient (Wildman–Crippen LogP) is -1.15. The number of hydrogen-bond acceptors (Lipinski definition) is 7. The van der Waals surface area contributed by atoms with Gasteiger partial charge in [0.1, 0.15) is 11.9 Å². The standard InChI is InChI=1S/C10H17N8O4P/c1-5(22-4-23(19,20)21)2-18-3-14-7-6(18)8(15-9(11)12)17-10(13)16-7/h3,5H,2,4H2,1H3,(H2,19,20,21)(H6,11,12,13,15,16,17)/t5-/m1/s1. The third-order valence-corrected chi connectivity index (χ3v) is 3.17. The summed E-state index contributed by atoms with van der Waals surface area (Å²) in [6.45, 7) is 1.89. The van der Waals surface area contributed by atoms with Gasteiger partial charge in [0.05, 0.1) is 19.0 Å². The third-order valence-electron chi connectivity index (χ3n) is 2.69. The summed E-state index contributed by atoms with van der Waals surface area (Å²) in [5.74, 6) is -0.0938. The zero-order valence-electron chi connectivity index (χ0n) is 12.2. The lowest BCUT2D eigenvalue weighted by molar-refractivity contribution is 0.0765. The lowest BCUT2D eigenvalue weighted by Gasteiger charge is -2.15. The minimum absolute atomic E-state index is 0.0338. The molecule has 0 saturated heterocycles. The van der Waals surface area contributed by atoms with E-state index >= 15 is 0 Å². The van der Waals surface area contributed by atoms with Gasteiger partial charge in [0.15, 0.2) is 17.4 Å². The Bertz CT molecular complexity index is 781. The molecule has 23 heavy (non-hydrogen) atoms. The number of hydrogen-bond donors (Lipinski definition) is 5. The van der Waals surface area contributed by atoms with Crippen LogP contribution in [0.3, 0.4) is 0 Å². The first-order chi connectivity index (χ1) is 10.7. The minimum Gasteiger partial charge on any atom is -0.370 e. The number of ether oxygens (including phenoxy) is 1. The summed E-state index contributed by atoms with van der Waals surface area (Å²) >= 11 is 0. The average molecular weight is 344 g/mol. The first kappa shape index (κ1) is 17.1. The van der Waals surface area contributed by atoms with Crippen LogP contribution in [0.5, 0.6) is 0 Å². The van der Waals surface area contributed by atoms with Crippen LogP contribution in [0.1, 0.15) is 6.92 Å². The van der Waals surface area contributed by atoms with Crippen LogP contribution in [-0.2, 0) is 15.8 Å². The molecule has 8 N–H and O–H groups in total. The molecule has 0 spiro atoms. The molecule has 0 amide bonds. The molecule has 0 bridgehead atoms. The highest BCUT2D eigenvalue weighted by Gasteiger charge is 2.18. The summed E-state index contributed by atoms with van der Waals surface area (Å²) in [7, 11) is -4.24. The van der Waals surface area contributed by atoms with E-state index in [0.717, 1.165) is 0 Å². The number of nitrogens with two attached hydrogens (primary N) is 3. The Morgan fingerprint density at radius 1 is 1.48 bits per heavy atom. The molecule has 0 aliphatic heterocycles. The van der Waals surface area contributed by atoms with Gasteiger partial charge in [-0.1, -0.05) is 0 Å². The number of aliphatic imine (C=N–C) groups is 1. The van der Waals surface area contributed by atoms with Crippen molar-refractivity contribution in [1.29, 1.82) is 0 Å². The Hall–Kier alpha value is -2.27. The predicted molar refractivity (Wildman–Crippen MR) is 82.7 cm³/mol. The molecule has 0 aromatic carbocycles. The SMILES string of the molecule is C[C@H](Cn1cnc2nc(N)nc(N=C(N)N)c21)OCP(=O)(O)O. The summed E-state index contributed by atoms with van der Waals surface area (Å²) in [5, 5.41) is 0. The molecule has 2 aromatic heterocycles. The number of guanidine groups is 1. The van der Waals surface area contributed by atoms with Gasteiger partial charge < -0.3 is 36.3 Å². The van der Waals surface area contributed by atoms with Crippen molar-refractivity contribution in [2.75, 3.05) is 12.1 Å². The molecule has 2 heterocycles. The quantitative estimate of drug-likeness (QED) is 0.242. The maximum Gasteiger partial charge on any atom is 0.350 e. The Balaban J connectivity index is 2.31. The van der Waals surface area contributed by atoms with E-state index < -0.39 is 20.0 Å². The number of rotatable bonds is 6. The van der Waals surface area contributed by atoms with E-state index in [0.29, 0.717) is 11.2 Å². The van der Waals surface area contributed by atoms with Gasteiger partial charge in [0.25, 0.3) is 0 Å². The summed E-state index contributed by atoms with van der Waals surface area (Å²) in [4.78, 5) is 33.6. The zero-order valence-corrected chi connectivity index (χ0v) is 13.1. The van der Waals surface area contributed by atoms with Crippen molar-refractivity contribution in [3.05, 3.63) is 6.33 Å². The molecule has 2 rings (SSSR count). The second-order valence-corrected chi connectivity index (χ2v) is 6.37. The van der Waals surface area contributed by atoms with Crippen LogP contribution < -0.4 is 17.2 Å². The normalized spacial score (nSPS) is 13.2. The van der Waals surface area contributed by atoms with E-state index in [-0.39, 0.29) is 24.3 Å². The largest absolute Gasteiger partial charge is 0.370 e. The van der Waals surface area contributed by atoms with E-state index in [1.807, 2.05) is 0 Å². The van der Waals surface area contributed by atoms with Gasteiger partial charge in [-0.15, -0.1) is 0 Å². The van der Waals surface area contributed by atoms with Gasteiger partial charge in [-0.2, -0.15) is 15.0 Å². The van der Waals surface area contributed by atoms with Gasteiger partial charge in [-0.25, -0.2) is 4.98 Å². The maximum atomic E-state index is 10.8. The Morgan fingerprint density at radius 2 is 2.17 bits per heavy atom. The van der Waals surface area contributed by atoms with Crippen molar-refractivity contribution in [1.82, 2.24) is 19.5 Å². The monoisotopic (exact) mass is 344 g/mol. The van der Waals surface area contributed by atoms with Crippen LogP contribution in [0, 0.1) is 0 Å². The highest BCUT2D eigenvalue weighted by atomic mass is 31.2. The number of imidazole rings is 1. The van der Waals surface area contributed by atoms with Crippen LogP contribution >= 0.6 is 7.60 Å². The minimum atomic E-state index is -4.24. The summed E-state index contributed by atoms with van der Waals surface area (Å²) in [5.41, 5.74) is 17.0. The fraction of sp³-hybridized carbons (Fsp3) is 0.400. The van der Waals surface area contributed by atoms with Crippen molar-refractivity contribution < 1.29 is 19.1 Å². The second-order valence-electron chi connectivity index (χ2n) is 4.78. The molecule has 0 aliphatic rings. The fourth-order valence-corrected chi connectivity index (χ4v) is 2.32. The molecule has 12 nitrogen and oxygen atoms in total. The molecule has 0 saturated carbocycles. The van der Waals surface area contributed by atoms with Crippen molar-refractivity contribution in [2.45, 2.75) is 19.6 Å². The van der Waals surface area contributed by atoms with Gasteiger partial charge in [0.2, 0.25) is 5.95 Å². The number of fused-ring (bicyclic) bond motifs is 1. The van der Waals surface area contributed by atoms with Crippen LogP contribution in [0.4, 0.5) is 11.8 Å².